The van der Waals surface area contributed by atoms with Crippen molar-refractivity contribution in [1.82, 2.24) is 19.3 Å². The third-order valence-corrected chi connectivity index (χ3v) is 3.50. The lowest BCUT2D eigenvalue weighted by atomic mass is 10.3. The topological polar surface area (TPSA) is 52.7 Å². The quantitative estimate of drug-likeness (QED) is 0.842. The minimum atomic E-state index is -0.0728. The van der Waals surface area contributed by atoms with E-state index in [1.807, 2.05) is 20.0 Å². The number of nitrogens with zero attached hydrogens (tertiary/aromatic N) is 4. The highest BCUT2D eigenvalue weighted by Gasteiger charge is 2.08. The summed E-state index contributed by atoms with van der Waals surface area (Å²) < 4.78 is 3.85. The zero-order chi connectivity index (χ0) is 12.6. The molecule has 0 N–H and O–H groups in total. The number of rotatable bonds is 2. The minimum Gasteiger partial charge on any atom is -0.292 e. The smallest absolute Gasteiger partial charge is 0.268 e. The summed E-state index contributed by atoms with van der Waals surface area (Å²) in [4.78, 5) is 16.1. The summed E-state index contributed by atoms with van der Waals surface area (Å²) in [5, 5.41) is 4.25. The first-order valence-electron chi connectivity index (χ1n) is 5.20. The van der Waals surface area contributed by atoms with Crippen molar-refractivity contribution in [2.75, 3.05) is 0 Å². The van der Waals surface area contributed by atoms with Crippen molar-refractivity contribution in [1.29, 1.82) is 0 Å². The van der Waals surface area contributed by atoms with Gasteiger partial charge in [0.25, 0.3) is 5.56 Å². The van der Waals surface area contributed by atoms with Crippen LogP contribution < -0.4 is 5.56 Å². The maximum Gasteiger partial charge on any atom is 0.268 e. The van der Waals surface area contributed by atoms with Gasteiger partial charge in [-0.25, -0.2) is 4.98 Å². The molecule has 2 aromatic heterocycles. The van der Waals surface area contributed by atoms with Crippen LogP contribution in [0.2, 0.25) is 0 Å². The minimum absolute atomic E-state index is 0.0728. The molecule has 2 rings (SSSR count). The van der Waals surface area contributed by atoms with Crippen molar-refractivity contribution in [2.24, 2.45) is 7.05 Å². The van der Waals surface area contributed by atoms with Gasteiger partial charge in [0.15, 0.2) is 0 Å². The Balaban J connectivity index is 2.41. The molecule has 0 amide bonds. The lowest BCUT2D eigenvalue weighted by Gasteiger charge is -2.06. The molecular weight excluding hydrogens is 284 g/mol. The lowest BCUT2D eigenvalue weighted by molar-refractivity contribution is 0.640. The van der Waals surface area contributed by atoms with E-state index in [9.17, 15) is 4.79 Å². The second-order valence-corrected chi connectivity index (χ2v) is 4.77. The van der Waals surface area contributed by atoms with E-state index >= 15 is 0 Å². The number of hydrogen-bond donors (Lipinski definition) is 0. The molecule has 0 aromatic carbocycles. The van der Waals surface area contributed by atoms with Crippen molar-refractivity contribution in [2.45, 2.75) is 20.4 Å². The van der Waals surface area contributed by atoms with Crippen LogP contribution in [0.1, 0.15) is 17.1 Å². The number of halogens is 1. The lowest BCUT2D eigenvalue weighted by Crippen LogP contribution is -2.23. The first kappa shape index (κ1) is 12.0. The van der Waals surface area contributed by atoms with Gasteiger partial charge in [-0.15, -0.1) is 0 Å². The highest BCUT2D eigenvalue weighted by atomic mass is 79.9. The zero-order valence-corrected chi connectivity index (χ0v) is 11.5. The van der Waals surface area contributed by atoms with Gasteiger partial charge in [0.1, 0.15) is 4.47 Å². The van der Waals surface area contributed by atoms with Crippen molar-refractivity contribution < 1.29 is 0 Å². The van der Waals surface area contributed by atoms with Gasteiger partial charge in [0.05, 0.1) is 30.0 Å². The summed E-state index contributed by atoms with van der Waals surface area (Å²) in [6, 6.07) is 1.96. The Morgan fingerprint density at radius 3 is 2.71 bits per heavy atom. The fourth-order valence-corrected chi connectivity index (χ4v) is 1.98. The Bertz CT molecular complexity index is 614. The first-order chi connectivity index (χ1) is 7.99. The van der Waals surface area contributed by atoms with Crippen molar-refractivity contribution in [3.63, 3.8) is 0 Å². The Morgan fingerprint density at radius 1 is 1.41 bits per heavy atom. The molecule has 5 nitrogen and oxygen atoms in total. The van der Waals surface area contributed by atoms with Gasteiger partial charge in [-0.1, -0.05) is 0 Å². The average molecular weight is 297 g/mol. The SMILES string of the molecule is Cc1cc(Cn2cnc(C)c(Br)c2=O)n(C)n1. The van der Waals surface area contributed by atoms with E-state index in [4.69, 9.17) is 0 Å². The second-order valence-electron chi connectivity index (χ2n) is 3.98. The van der Waals surface area contributed by atoms with Gasteiger partial charge in [0, 0.05) is 7.05 Å². The largest absolute Gasteiger partial charge is 0.292 e. The number of aromatic nitrogens is 4. The van der Waals surface area contributed by atoms with Gasteiger partial charge in [-0.2, -0.15) is 5.10 Å². The summed E-state index contributed by atoms with van der Waals surface area (Å²) in [5.74, 6) is 0. The number of hydrogen-bond acceptors (Lipinski definition) is 3. The van der Waals surface area contributed by atoms with Gasteiger partial charge in [-0.05, 0) is 35.8 Å². The van der Waals surface area contributed by atoms with Gasteiger partial charge >= 0.3 is 0 Å². The molecule has 0 saturated carbocycles. The molecule has 0 aliphatic carbocycles. The van der Waals surface area contributed by atoms with Crippen LogP contribution in [0.3, 0.4) is 0 Å². The van der Waals surface area contributed by atoms with Crippen LogP contribution in [0.4, 0.5) is 0 Å². The van der Waals surface area contributed by atoms with Crippen LogP contribution in [0.15, 0.2) is 21.7 Å². The van der Waals surface area contributed by atoms with Crippen molar-refractivity contribution >= 4 is 15.9 Å². The molecule has 0 atom stereocenters. The van der Waals surface area contributed by atoms with Gasteiger partial charge in [0.2, 0.25) is 0 Å². The van der Waals surface area contributed by atoms with Crippen LogP contribution in [0, 0.1) is 13.8 Å². The summed E-state index contributed by atoms with van der Waals surface area (Å²) in [6.45, 7) is 4.20. The standard InChI is InChI=1S/C11H13BrN4O/c1-7-4-9(15(3)14-7)5-16-6-13-8(2)10(12)11(16)17/h4,6H,5H2,1-3H3. The molecule has 0 aliphatic heterocycles. The zero-order valence-electron chi connectivity index (χ0n) is 9.94. The van der Waals surface area contributed by atoms with E-state index in [1.165, 1.54) is 0 Å². The molecule has 0 radical (unpaired) electrons. The predicted molar refractivity (Wildman–Crippen MR) is 68.0 cm³/mol. The first-order valence-corrected chi connectivity index (χ1v) is 5.99. The van der Waals surface area contributed by atoms with Crippen LogP contribution in [-0.2, 0) is 13.6 Å². The van der Waals surface area contributed by atoms with Crippen LogP contribution >= 0.6 is 15.9 Å². The molecule has 90 valence electrons. The fourth-order valence-electron chi connectivity index (χ4n) is 1.65. The molecular formula is C11H13BrN4O. The van der Waals surface area contributed by atoms with E-state index < -0.39 is 0 Å². The summed E-state index contributed by atoms with van der Waals surface area (Å²) in [5.41, 5.74) is 2.54. The summed E-state index contributed by atoms with van der Waals surface area (Å²) >= 11 is 3.25. The molecule has 0 saturated heterocycles. The van der Waals surface area contributed by atoms with E-state index in [0.717, 1.165) is 11.4 Å². The van der Waals surface area contributed by atoms with Crippen LogP contribution in [0.25, 0.3) is 0 Å². The van der Waals surface area contributed by atoms with E-state index in [0.29, 0.717) is 16.7 Å². The number of aryl methyl sites for hydroxylation is 3. The Morgan fingerprint density at radius 2 is 2.12 bits per heavy atom. The fraction of sp³-hybridized carbons (Fsp3) is 0.364. The molecule has 6 heteroatoms. The maximum atomic E-state index is 12.0. The molecule has 0 spiro atoms. The predicted octanol–water partition coefficient (Wildman–Crippen LogP) is 1.40. The Hall–Kier alpha value is -1.43. The highest BCUT2D eigenvalue weighted by molar-refractivity contribution is 9.10. The van der Waals surface area contributed by atoms with E-state index in [-0.39, 0.29) is 5.56 Å². The van der Waals surface area contributed by atoms with Crippen LogP contribution in [-0.4, -0.2) is 19.3 Å². The van der Waals surface area contributed by atoms with E-state index in [2.05, 4.69) is 26.0 Å². The Kier molecular flexibility index (Phi) is 3.15. The van der Waals surface area contributed by atoms with Gasteiger partial charge in [-0.3, -0.25) is 14.0 Å². The van der Waals surface area contributed by atoms with Crippen molar-refractivity contribution in [3.05, 3.63) is 44.3 Å². The summed E-state index contributed by atoms with van der Waals surface area (Å²) in [6.07, 6.45) is 1.56. The van der Waals surface area contributed by atoms with Gasteiger partial charge < -0.3 is 0 Å². The second kappa shape index (κ2) is 4.44. The van der Waals surface area contributed by atoms with Crippen LogP contribution in [0.5, 0.6) is 0 Å². The molecule has 0 bridgehead atoms. The molecule has 0 aliphatic rings. The molecule has 2 aromatic rings. The molecule has 0 fully saturated rings. The molecule has 0 unspecified atom stereocenters. The normalized spacial score (nSPS) is 10.8. The highest BCUT2D eigenvalue weighted by Crippen LogP contribution is 2.08. The summed E-state index contributed by atoms with van der Waals surface area (Å²) in [7, 11) is 1.87. The maximum absolute atomic E-state index is 12.0. The average Bonchev–Trinajstić information content (AvgIpc) is 2.58. The Labute approximate surface area is 107 Å². The van der Waals surface area contributed by atoms with Crippen molar-refractivity contribution in [3.8, 4) is 0 Å². The third-order valence-electron chi connectivity index (χ3n) is 2.59. The molecule has 17 heavy (non-hydrogen) atoms. The molecule has 2 heterocycles. The monoisotopic (exact) mass is 296 g/mol. The third kappa shape index (κ3) is 2.31. The van der Waals surface area contributed by atoms with E-state index in [1.54, 1.807) is 22.5 Å².